The summed E-state index contributed by atoms with van der Waals surface area (Å²) in [5.74, 6) is -0.492. The summed E-state index contributed by atoms with van der Waals surface area (Å²) in [6, 6.07) is 9.70. The summed E-state index contributed by atoms with van der Waals surface area (Å²) in [6.07, 6.45) is 4.15. The van der Waals surface area contributed by atoms with Gasteiger partial charge in [-0.15, -0.1) is 0 Å². The summed E-state index contributed by atoms with van der Waals surface area (Å²) in [4.78, 5) is 54.0. The highest BCUT2D eigenvalue weighted by molar-refractivity contribution is 5.81. The van der Waals surface area contributed by atoms with Crippen LogP contribution in [0.25, 0.3) is 21.8 Å². The molecule has 2 heterocycles. The Hall–Kier alpha value is -3.99. The number of benzene rings is 2. The summed E-state index contributed by atoms with van der Waals surface area (Å²) < 4.78 is 12.7. The van der Waals surface area contributed by atoms with E-state index in [-0.39, 0.29) is 16.5 Å². The molecule has 172 valence electrons. The minimum atomic E-state index is -0.636. The van der Waals surface area contributed by atoms with Crippen LogP contribution in [0.15, 0.2) is 55.6 Å². The highest BCUT2D eigenvalue weighted by Crippen LogP contribution is 2.22. The number of aromatic amines is 4. The molecule has 1 aliphatic carbocycles. The van der Waals surface area contributed by atoms with Crippen molar-refractivity contribution in [3.8, 4) is 0 Å². The normalized spacial score (nSPS) is 18.0. The molecule has 2 aromatic carbocycles. The van der Waals surface area contributed by atoms with E-state index in [4.69, 9.17) is 5.73 Å². The topological polar surface area (TPSA) is 169 Å². The van der Waals surface area contributed by atoms with E-state index in [1.54, 1.807) is 12.1 Å². The first-order chi connectivity index (χ1) is 15.8. The number of H-pyrrole nitrogens is 4. The average molecular weight is 454 g/mol. The summed E-state index contributed by atoms with van der Waals surface area (Å²) in [7, 11) is 0. The van der Waals surface area contributed by atoms with Crippen LogP contribution in [0.2, 0.25) is 0 Å². The van der Waals surface area contributed by atoms with E-state index in [1.807, 2.05) is 11.1 Å². The second kappa shape index (κ2) is 9.25. The van der Waals surface area contributed by atoms with Crippen molar-refractivity contribution in [3.05, 3.63) is 83.9 Å². The van der Waals surface area contributed by atoms with Crippen LogP contribution in [-0.2, 0) is 0 Å². The van der Waals surface area contributed by atoms with Crippen LogP contribution in [0.5, 0.6) is 0 Å². The van der Waals surface area contributed by atoms with Crippen molar-refractivity contribution in [1.82, 2.24) is 19.9 Å². The molecule has 7 N–H and O–H groups in total. The largest absolute Gasteiger partial charge is 0.382 e. The van der Waals surface area contributed by atoms with Crippen molar-refractivity contribution in [1.29, 1.82) is 0 Å². The smallest absolute Gasteiger partial charge is 0.326 e. The first-order valence-corrected chi connectivity index (χ1v) is 10.5. The Morgan fingerprint density at radius 2 is 1.30 bits per heavy atom. The van der Waals surface area contributed by atoms with Gasteiger partial charge in [0.25, 0.3) is 11.1 Å². The van der Waals surface area contributed by atoms with Gasteiger partial charge in [-0.1, -0.05) is 0 Å². The zero-order valence-corrected chi connectivity index (χ0v) is 17.5. The van der Waals surface area contributed by atoms with Crippen molar-refractivity contribution < 1.29 is 4.39 Å². The third kappa shape index (κ3) is 5.26. The lowest BCUT2D eigenvalue weighted by Crippen LogP contribution is -2.32. The molecule has 0 amide bonds. The molecule has 1 saturated carbocycles. The van der Waals surface area contributed by atoms with Gasteiger partial charge in [0.2, 0.25) is 0 Å². The van der Waals surface area contributed by atoms with Crippen molar-refractivity contribution in [2.75, 3.05) is 5.32 Å². The van der Waals surface area contributed by atoms with Crippen LogP contribution < -0.4 is 33.5 Å². The number of nitrogens with one attached hydrogen (secondary N) is 5. The van der Waals surface area contributed by atoms with Crippen LogP contribution in [0.3, 0.4) is 0 Å². The maximum Gasteiger partial charge on any atom is 0.326 e. The number of hydrogen-bond acceptors (Lipinski definition) is 6. The molecule has 0 saturated heterocycles. The van der Waals surface area contributed by atoms with E-state index < -0.39 is 22.8 Å². The SMILES string of the molecule is NC1CCC(Nc2ccc3c(=O)[nH]c(=O)[nH]c3c2)CC1.O=c1[nH]c(=O)c2ccc(F)cc2[nH]1. The Morgan fingerprint density at radius 1 is 0.758 bits per heavy atom. The Balaban J connectivity index is 0.000000172. The molecule has 0 aliphatic heterocycles. The lowest BCUT2D eigenvalue weighted by atomic mass is 9.91. The van der Waals surface area contributed by atoms with Gasteiger partial charge in [0.05, 0.1) is 21.8 Å². The van der Waals surface area contributed by atoms with Gasteiger partial charge in [0, 0.05) is 17.8 Å². The van der Waals surface area contributed by atoms with Gasteiger partial charge in [-0.05, 0) is 62.1 Å². The Kier molecular flexibility index (Phi) is 6.22. The van der Waals surface area contributed by atoms with E-state index in [2.05, 4.69) is 20.3 Å². The summed E-state index contributed by atoms with van der Waals surface area (Å²) in [5.41, 5.74) is 5.57. The van der Waals surface area contributed by atoms with Gasteiger partial charge in [-0.2, -0.15) is 0 Å². The van der Waals surface area contributed by atoms with E-state index in [0.29, 0.717) is 23.0 Å². The number of anilines is 1. The van der Waals surface area contributed by atoms with Crippen molar-refractivity contribution >= 4 is 27.5 Å². The molecule has 4 aromatic rings. The molecule has 0 spiro atoms. The molecular formula is C22H23FN6O4. The molecule has 5 rings (SSSR count). The highest BCUT2D eigenvalue weighted by Gasteiger charge is 2.18. The first-order valence-electron chi connectivity index (χ1n) is 10.5. The molecule has 0 bridgehead atoms. The van der Waals surface area contributed by atoms with Gasteiger partial charge in [-0.3, -0.25) is 19.6 Å². The third-order valence-corrected chi connectivity index (χ3v) is 5.58. The van der Waals surface area contributed by atoms with Gasteiger partial charge in [0.1, 0.15) is 5.82 Å². The van der Waals surface area contributed by atoms with E-state index >= 15 is 0 Å². The molecule has 33 heavy (non-hydrogen) atoms. The molecular weight excluding hydrogens is 431 g/mol. The van der Waals surface area contributed by atoms with E-state index in [1.165, 1.54) is 6.07 Å². The second-order valence-electron chi connectivity index (χ2n) is 8.02. The minimum Gasteiger partial charge on any atom is -0.382 e. The fourth-order valence-corrected chi connectivity index (χ4v) is 3.90. The Labute approximate surface area is 185 Å². The third-order valence-electron chi connectivity index (χ3n) is 5.58. The van der Waals surface area contributed by atoms with Crippen LogP contribution in [-0.4, -0.2) is 32.0 Å². The monoisotopic (exact) mass is 454 g/mol. The van der Waals surface area contributed by atoms with Gasteiger partial charge < -0.3 is 21.0 Å². The van der Waals surface area contributed by atoms with Crippen LogP contribution >= 0.6 is 0 Å². The zero-order chi connectivity index (χ0) is 23.5. The van der Waals surface area contributed by atoms with Crippen molar-refractivity contribution in [3.63, 3.8) is 0 Å². The number of halogens is 1. The van der Waals surface area contributed by atoms with Crippen LogP contribution in [0.4, 0.5) is 10.1 Å². The van der Waals surface area contributed by atoms with Gasteiger partial charge >= 0.3 is 11.4 Å². The molecule has 10 nitrogen and oxygen atoms in total. The van der Waals surface area contributed by atoms with Crippen LogP contribution in [0.1, 0.15) is 25.7 Å². The average Bonchev–Trinajstić information content (AvgIpc) is 2.75. The first kappa shape index (κ1) is 22.2. The zero-order valence-electron chi connectivity index (χ0n) is 17.5. The van der Waals surface area contributed by atoms with Crippen molar-refractivity contribution in [2.45, 2.75) is 37.8 Å². The molecule has 2 aromatic heterocycles. The predicted octanol–water partition coefficient (Wildman–Crippen LogP) is 1.25. The summed E-state index contributed by atoms with van der Waals surface area (Å²) >= 11 is 0. The number of aromatic nitrogens is 4. The fourth-order valence-electron chi connectivity index (χ4n) is 3.90. The van der Waals surface area contributed by atoms with Gasteiger partial charge in [-0.25, -0.2) is 14.0 Å². The number of hydrogen-bond donors (Lipinski definition) is 6. The van der Waals surface area contributed by atoms with Gasteiger partial charge in [0.15, 0.2) is 0 Å². The minimum absolute atomic E-state index is 0.203. The lowest BCUT2D eigenvalue weighted by Gasteiger charge is -2.27. The number of rotatable bonds is 2. The summed E-state index contributed by atoms with van der Waals surface area (Å²) in [6.45, 7) is 0. The molecule has 0 atom stereocenters. The molecule has 11 heteroatoms. The quantitative estimate of drug-likeness (QED) is 0.266. The van der Waals surface area contributed by atoms with E-state index in [0.717, 1.165) is 43.5 Å². The van der Waals surface area contributed by atoms with Crippen molar-refractivity contribution in [2.24, 2.45) is 5.73 Å². The second-order valence-corrected chi connectivity index (χ2v) is 8.02. The Bertz CT molecular complexity index is 1530. The van der Waals surface area contributed by atoms with Crippen LogP contribution in [0, 0.1) is 5.82 Å². The maximum absolute atomic E-state index is 12.7. The highest BCUT2D eigenvalue weighted by atomic mass is 19.1. The summed E-state index contributed by atoms with van der Waals surface area (Å²) in [5, 5.41) is 4.19. The molecule has 0 unspecified atom stereocenters. The molecule has 0 radical (unpaired) electrons. The van der Waals surface area contributed by atoms with E-state index in [9.17, 15) is 23.6 Å². The molecule has 1 fully saturated rings. The Morgan fingerprint density at radius 3 is 1.91 bits per heavy atom. The number of fused-ring (bicyclic) bond motifs is 2. The number of nitrogens with two attached hydrogens (primary N) is 1. The fraction of sp³-hybridized carbons (Fsp3) is 0.273. The molecule has 1 aliphatic rings. The predicted molar refractivity (Wildman–Crippen MR) is 124 cm³/mol. The lowest BCUT2D eigenvalue weighted by molar-refractivity contribution is 0.411. The maximum atomic E-state index is 12.7. The standard InChI is InChI=1S/C14H18N4O2.C8H5FN2O2/c15-8-1-3-9(4-2-8)16-10-5-6-11-12(7-10)17-14(20)18-13(11)19;9-4-1-2-5-6(3-4)10-8(13)11-7(5)12/h5-9,16H,1-4,15H2,(H2,17,18,19,20);1-3H,(H2,10,11,12,13).